The zero-order chi connectivity index (χ0) is 12.3. The van der Waals surface area contributed by atoms with Gasteiger partial charge >= 0.3 is 0 Å². The average molecular weight is 238 g/mol. The molecule has 0 aromatic carbocycles. The van der Waals surface area contributed by atoms with E-state index in [1.165, 1.54) is 0 Å². The summed E-state index contributed by atoms with van der Waals surface area (Å²) in [6.45, 7) is 1.59. The second kappa shape index (κ2) is 5.29. The predicted molar refractivity (Wildman–Crippen MR) is 62.2 cm³/mol. The third-order valence-electron chi connectivity index (χ3n) is 3.09. The molecule has 2 heterocycles. The number of ether oxygens (including phenoxy) is 1. The van der Waals surface area contributed by atoms with Crippen molar-refractivity contribution in [2.24, 2.45) is 5.92 Å². The van der Waals surface area contributed by atoms with Crippen molar-refractivity contribution in [3.05, 3.63) is 18.2 Å². The molecule has 1 aliphatic heterocycles. The molecule has 1 aliphatic rings. The van der Waals surface area contributed by atoms with Crippen LogP contribution in [0.1, 0.15) is 5.82 Å². The summed E-state index contributed by atoms with van der Waals surface area (Å²) in [5.74, 6) is 0.791. The molecule has 1 aromatic heterocycles. The van der Waals surface area contributed by atoms with Crippen LogP contribution < -0.4 is 5.32 Å². The number of rotatable bonds is 4. The van der Waals surface area contributed by atoms with Gasteiger partial charge in [0.05, 0.1) is 25.7 Å². The molecule has 2 rings (SSSR count). The second-order valence-electron chi connectivity index (χ2n) is 4.27. The highest BCUT2D eigenvalue weighted by atomic mass is 16.5. The number of nitrogens with zero attached hydrogens (tertiary/aromatic N) is 2. The Hall–Kier alpha value is -1.40. The van der Waals surface area contributed by atoms with Crippen LogP contribution in [0.15, 0.2) is 12.4 Å². The highest BCUT2D eigenvalue weighted by Crippen LogP contribution is 2.16. The smallest absolute Gasteiger partial charge is 0.229 e. The van der Waals surface area contributed by atoms with Crippen LogP contribution in [0.3, 0.4) is 0 Å². The fourth-order valence-electron chi connectivity index (χ4n) is 2.05. The monoisotopic (exact) mass is 238 g/mol. The molecule has 6 nitrogen and oxygen atoms in total. The Bertz CT molecular complexity index is 366. The minimum absolute atomic E-state index is 0.0956. The van der Waals surface area contributed by atoms with Gasteiger partial charge in [-0.3, -0.25) is 4.79 Å². The maximum atomic E-state index is 12.2. The molecule has 2 atom stereocenters. The SMILES string of the molecule is CNC1COCC1C(=O)N(C)Cc1ncc[nH]1. The van der Waals surface area contributed by atoms with Crippen molar-refractivity contribution in [2.75, 3.05) is 27.3 Å². The molecule has 1 aromatic rings. The van der Waals surface area contributed by atoms with Gasteiger partial charge in [-0.05, 0) is 7.05 Å². The molecule has 6 heteroatoms. The summed E-state index contributed by atoms with van der Waals surface area (Å²) in [5.41, 5.74) is 0. The number of likely N-dealkylation sites (N-methyl/N-ethyl adjacent to an activating group) is 1. The molecule has 0 aliphatic carbocycles. The van der Waals surface area contributed by atoms with Crippen molar-refractivity contribution < 1.29 is 9.53 Å². The highest BCUT2D eigenvalue weighted by Gasteiger charge is 2.34. The zero-order valence-electron chi connectivity index (χ0n) is 10.1. The molecule has 2 unspecified atom stereocenters. The van der Waals surface area contributed by atoms with E-state index in [2.05, 4.69) is 15.3 Å². The molecular weight excluding hydrogens is 220 g/mol. The van der Waals surface area contributed by atoms with Crippen LogP contribution in [0.2, 0.25) is 0 Å². The molecule has 0 spiro atoms. The summed E-state index contributed by atoms with van der Waals surface area (Å²) in [6.07, 6.45) is 3.44. The Labute approximate surface area is 100 Å². The summed E-state index contributed by atoms with van der Waals surface area (Å²) in [7, 11) is 3.64. The van der Waals surface area contributed by atoms with E-state index < -0.39 is 0 Å². The lowest BCUT2D eigenvalue weighted by molar-refractivity contribution is -0.135. The molecule has 1 fully saturated rings. The fourth-order valence-corrected chi connectivity index (χ4v) is 2.05. The van der Waals surface area contributed by atoms with Crippen LogP contribution in [-0.4, -0.2) is 54.1 Å². The van der Waals surface area contributed by atoms with Crippen molar-refractivity contribution in [1.29, 1.82) is 0 Å². The van der Waals surface area contributed by atoms with Gasteiger partial charge in [0, 0.05) is 25.5 Å². The van der Waals surface area contributed by atoms with Crippen molar-refractivity contribution in [1.82, 2.24) is 20.2 Å². The summed E-state index contributed by atoms with van der Waals surface area (Å²) in [6, 6.07) is 0.113. The number of nitrogens with one attached hydrogen (secondary N) is 2. The van der Waals surface area contributed by atoms with Crippen LogP contribution in [-0.2, 0) is 16.1 Å². The quantitative estimate of drug-likeness (QED) is 0.749. The van der Waals surface area contributed by atoms with Gasteiger partial charge in [0.15, 0.2) is 0 Å². The summed E-state index contributed by atoms with van der Waals surface area (Å²) in [4.78, 5) is 21.0. The lowest BCUT2D eigenvalue weighted by Crippen LogP contribution is -2.43. The maximum absolute atomic E-state index is 12.2. The Balaban J connectivity index is 1.94. The van der Waals surface area contributed by atoms with E-state index in [0.717, 1.165) is 5.82 Å². The van der Waals surface area contributed by atoms with E-state index in [4.69, 9.17) is 4.74 Å². The van der Waals surface area contributed by atoms with Crippen LogP contribution in [0, 0.1) is 5.92 Å². The first-order valence-electron chi connectivity index (χ1n) is 5.70. The second-order valence-corrected chi connectivity index (χ2v) is 4.27. The molecule has 2 N–H and O–H groups in total. The number of hydrogen-bond acceptors (Lipinski definition) is 4. The van der Waals surface area contributed by atoms with Gasteiger partial charge in [-0.2, -0.15) is 0 Å². The van der Waals surface area contributed by atoms with Gasteiger partial charge in [0.2, 0.25) is 5.91 Å². The Morgan fingerprint density at radius 3 is 3.18 bits per heavy atom. The minimum atomic E-state index is -0.0973. The molecule has 17 heavy (non-hydrogen) atoms. The zero-order valence-corrected chi connectivity index (χ0v) is 10.1. The van der Waals surface area contributed by atoms with E-state index >= 15 is 0 Å². The topological polar surface area (TPSA) is 70.2 Å². The van der Waals surface area contributed by atoms with Crippen LogP contribution in [0.4, 0.5) is 0 Å². The number of carbonyl (C=O) groups excluding carboxylic acids is 1. The molecule has 0 bridgehead atoms. The van der Waals surface area contributed by atoms with Crippen molar-refractivity contribution >= 4 is 5.91 Å². The lowest BCUT2D eigenvalue weighted by Gasteiger charge is -2.22. The summed E-state index contributed by atoms with van der Waals surface area (Å²) in [5, 5.41) is 3.11. The number of H-pyrrole nitrogens is 1. The molecule has 94 valence electrons. The third kappa shape index (κ3) is 2.65. The standard InChI is InChI=1S/C11H18N4O2/c1-12-9-7-17-6-8(9)11(16)15(2)5-10-13-3-4-14-10/h3-4,8-9,12H,5-7H2,1-2H3,(H,13,14). The highest BCUT2D eigenvalue weighted by molar-refractivity contribution is 5.79. The van der Waals surface area contributed by atoms with Crippen molar-refractivity contribution in [2.45, 2.75) is 12.6 Å². The van der Waals surface area contributed by atoms with Gasteiger partial charge in [0.1, 0.15) is 5.82 Å². The van der Waals surface area contributed by atoms with Gasteiger partial charge in [-0.15, -0.1) is 0 Å². The normalized spacial score (nSPS) is 23.9. The van der Waals surface area contributed by atoms with Crippen molar-refractivity contribution in [3.8, 4) is 0 Å². The Kier molecular flexibility index (Phi) is 3.75. The Morgan fingerprint density at radius 1 is 1.71 bits per heavy atom. The van der Waals surface area contributed by atoms with E-state index in [9.17, 15) is 4.79 Å². The van der Waals surface area contributed by atoms with E-state index in [-0.39, 0.29) is 17.9 Å². The number of amides is 1. The number of aromatic amines is 1. The number of aromatic nitrogens is 2. The number of carbonyl (C=O) groups is 1. The molecule has 0 saturated carbocycles. The number of hydrogen-bond donors (Lipinski definition) is 2. The first kappa shape index (κ1) is 12.1. The van der Waals surface area contributed by atoms with Gasteiger partial charge in [0.25, 0.3) is 0 Å². The first-order chi connectivity index (χ1) is 8.22. The van der Waals surface area contributed by atoms with Gasteiger partial charge in [-0.1, -0.05) is 0 Å². The van der Waals surface area contributed by atoms with Crippen LogP contribution in [0.25, 0.3) is 0 Å². The van der Waals surface area contributed by atoms with Crippen molar-refractivity contribution in [3.63, 3.8) is 0 Å². The minimum Gasteiger partial charge on any atom is -0.379 e. The molecule has 0 radical (unpaired) electrons. The largest absolute Gasteiger partial charge is 0.379 e. The maximum Gasteiger partial charge on any atom is 0.229 e. The Morgan fingerprint density at radius 2 is 2.53 bits per heavy atom. The number of imidazole rings is 1. The third-order valence-corrected chi connectivity index (χ3v) is 3.09. The molecular formula is C11H18N4O2. The van der Waals surface area contributed by atoms with Crippen LogP contribution >= 0.6 is 0 Å². The predicted octanol–water partition coefficient (Wildman–Crippen LogP) is -0.397. The van der Waals surface area contributed by atoms with Crippen LogP contribution in [0.5, 0.6) is 0 Å². The van der Waals surface area contributed by atoms with Gasteiger partial charge < -0.3 is 19.9 Å². The summed E-state index contributed by atoms with van der Waals surface area (Å²) >= 11 is 0. The average Bonchev–Trinajstić information content (AvgIpc) is 2.97. The molecule has 1 saturated heterocycles. The summed E-state index contributed by atoms with van der Waals surface area (Å²) < 4.78 is 5.33. The van der Waals surface area contributed by atoms with E-state index in [1.807, 2.05) is 7.05 Å². The first-order valence-corrected chi connectivity index (χ1v) is 5.70. The van der Waals surface area contributed by atoms with E-state index in [1.54, 1.807) is 24.3 Å². The van der Waals surface area contributed by atoms with Gasteiger partial charge in [-0.25, -0.2) is 4.98 Å². The molecule has 1 amide bonds. The fraction of sp³-hybridized carbons (Fsp3) is 0.636. The lowest BCUT2D eigenvalue weighted by atomic mass is 10.0. The van der Waals surface area contributed by atoms with E-state index in [0.29, 0.717) is 19.8 Å².